The van der Waals surface area contributed by atoms with Crippen molar-refractivity contribution in [2.24, 2.45) is 0 Å². The standard InChI is InChI=1S/C20H27N5O/c26-20(24-12-10-23(11-13-24)16-4-3-5-16)15-22-9-7-18-17(14-22)19-6-1-2-8-25(19)21-18/h1-2,6-8,16,21H,3-5,9-15H2. The molecule has 2 fully saturated rings. The second kappa shape index (κ2) is 6.59. The van der Waals surface area contributed by atoms with E-state index in [2.05, 4.69) is 43.4 Å². The minimum atomic E-state index is 0.280. The lowest BCUT2D eigenvalue weighted by Crippen LogP contribution is -2.55. The summed E-state index contributed by atoms with van der Waals surface area (Å²) in [4.78, 5) is 19.7. The summed E-state index contributed by atoms with van der Waals surface area (Å²) in [6.07, 6.45) is 14.5. The quantitative estimate of drug-likeness (QED) is 0.821. The number of hydrogen-bond acceptors (Lipinski definition) is 5. The van der Waals surface area contributed by atoms with Crippen LogP contribution < -0.4 is 5.43 Å². The molecule has 0 spiro atoms. The fourth-order valence-corrected chi connectivity index (χ4v) is 4.47. The fraction of sp³-hybridized carbons (Fsp3) is 0.550. The van der Waals surface area contributed by atoms with Gasteiger partial charge in [0.1, 0.15) is 0 Å². The molecular formula is C20H27N5O. The SMILES string of the molecule is O=C(CN1CC=C2NN3C=CC=CC3=C2C1)N1CCN(C2CCC2)CC1. The van der Waals surface area contributed by atoms with E-state index in [1.807, 2.05) is 12.3 Å². The van der Waals surface area contributed by atoms with Crippen LogP contribution in [0, 0.1) is 0 Å². The van der Waals surface area contributed by atoms with Crippen LogP contribution in [0.4, 0.5) is 0 Å². The third kappa shape index (κ3) is 2.87. The van der Waals surface area contributed by atoms with E-state index in [0.29, 0.717) is 6.54 Å². The van der Waals surface area contributed by atoms with Gasteiger partial charge in [0.25, 0.3) is 0 Å². The molecule has 5 aliphatic rings. The van der Waals surface area contributed by atoms with Crippen molar-refractivity contribution in [3.63, 3.8) is 0 Å². The number of hydrogen-bond donors (Lipinski definition) is 1. The molecule has 6 nitrogen and oxygen atoms in total. The molecule has 0 bridgehead atoms. The molecule has 1 N–H and O–H groups in total. The summed E-state index contributed by atoms with van der Waals surface area (Å²) in [6, 6.07) is 0.793. The zero-order valence-corrected chi connectivity index (χ0v) is 15.2. The van der Waals surface area contributed by atoms with Crippen molar-refractivity contribution in [1.82, 2.24) is 25.1 Å². The fourth-order valence-electron chi connectivity index (χ4n) is 4.47. The molecular weight excluding hydrogens is 326 g/mol. The third-order valence-electron chi connectivity index (χ3n) is 6.29. The largest absolute Gasteiger partial charge is 0.339 e. The van der Waals surface area contributed by atoms with Gasteiger partial charge < -0.3 is 4.90 Å². The second-order valence-electron chi connectivity index (χ2n) is 7.84. The van der Waals surface area contributed by atoms with E-state index in [9.17, 15) is 4.79 Å². The Labute approximate surface area is 155 Å². The van der Waals surface area contributed by atoms with E-state index in [-0.39, 0.29) is 5.91 Å². The van der Waals surface area contributed by atoms with Gasteiger partial charge in [-0.15, -0.1) is 0 Å². The molecule has 0 radical (unpaired) electrons. The number of carbonyl (C=O) groups excluding carboxylic acids is 1. The van der Waals surface area contributed by atoms with Gasteiger partial charge in [-0.25, -0.2) is 0 Å². The van der Waals surface area contributed by atoms with Gasteiger partial charge in [0, 0.05) is 57.1 Å². The molecule has 4 aliphatic heterocycles. The molecule has 1 aliphatic carbocycles. The molecule has 1 saturated heterocycles. The van der Waals surface area contributed by atoms with Gasteiger partial charge in [-0.1, -0.05) is 12.5 Å². The third-order valence-corrected chi connectivity index (χ3v) is 6.29. The van der Waals surface area contributed by atoms with E-state index < -0.39 is 0 Å². The number of amides is 1. The number of nitrogens with one attached hydrogen (secondary N) is 1. The van der Waals surface area contributed by atoms with Gasteiger partial charge in [-0.2, -0.15) is 0 Å². The van der Waals surface area contributed by atoms with E-state index in [1.165, 1.54) is 36.2 Å². The molecule has 0 atom stereocenters. The van der Waals surface area contributed by atoms with Crippen LogP contribution in [-0.2, 0) is 4.79 Å². The van der Waals surface area contributed by atoms with Crippen molar-refractivity contribution in [3.05, 3.63) is 47.5 Å². The van der Waals surface area contributed by atoms with Gasteiger partial charge in [-0.05, 0) is 31.1 Å². The Kier molecular flexibility index (Phi) is 4.10. The number of nitrogens with zero attached hydrogens (tertiary/aromatic N) is 4. The Bertz CT molecular complexity index is 710. The zero-order chi connectivity index (χ0) is 17.5. The molecule has 4 heterocycles. The Morgan fingerprint density at radius 3 is 2.77 bits per heavy atom. The van der Waals surface area contributed by atoms with Crippen molar-refractivity contribution in [2.45, 2.75) is 25.3 Å². The van der Waals surface area contributed by atoms with Gasteiger partial charge >= 0.3 is 0 Å². The molecule has 0 unspecified atom stereocenters. The average Bonchev–Trinajstić information content (AvgIpc) is 2.99. The molecule has 0 aromatic rings. The van der Waals surface area contributed by atoms with Crippen molar-refractivity contribution in [2.75, 3.05) is 45.8 Å². The maximum Gasteiger partial charge on any atom is 0.236 e. The summed E-state index contributed by atoms with van der Waals surface area (Å²) in [5.41, 5.74) is 7.09. The highest BCUT2D eigenvalue weighted by molar-refractivity contribution is 5.78. The van der Waals surface area contributed by atoms with E-state index in [4.69, 9.17) is 0 Å². The first-order chi connectivity index (χ1) is 12.8. The minimum Gasteiger partial charge on any atom is -0.339 e. The monoisotopic (exact) mass is 353 g/mol. The molecule has 26 heavy (non-hydrogen) atoms. The topological polar surface area (TPSA) is 42.1 Å². The van der Waals surface area contributed by atoms with Crippen LogP contribution in [0.1, 0.15) is 19.3 Å². The number of carbonyl (C=O) groups is 1. The molecule has 138 valence electrons. The van der Waals surface area contributed by atoms with E-state index >= 15 is 0 Å². The van der Waals surface area contributed by atoms with Crippen molar-refractivity contribution in [1.29, 1.82) is 0 Å². The smallest absolute Gasteiger partial charge is 0.236 e. The summed E-state index contributed by atoms with van der Waals surface area (Å²) in [5.74, 6) is 0.280. The molecule has 6 heteroatoms. The maximum atomic E-state index is 12.8. The Morgan fingerprint density at radius 2 is 2.00 bits per heavy atom. The summed E-state index contributed by atoms with van der Waals surface area (Å²) < 4.78 is 0. The molecule has 5 rings (SSSR count). The van der Waals surface area contributed by atoms with Gasteiger partial charge in [0.15, 0.2) is 0 Å². The molecule has 1 amide bonds. The Morgan fingerprint density at radius 1 is 1.15 bits per heavy atom. The first-order valence-electron chi connectivity index (χ1n) is 9.86. The first-order valence-corrected chi connectivity index (χ1v) is 9.86. The molecule has 0 aromatic heterocycles. The lowest BCUT2D eigenvalue weighted by atomic mass is 9.91. The van der Waals surface area contributed by atoms with Crippen LogP contribution in [0.5, 0.6) is 0 Å². The minimum absolute atomic E-state index is 0.280. The van der Waals surface area contributed by atoms with Gasteiger partial charge in [0.05, 0.1) is 17.9 Å². The van der Waals surface area contributed by atoms with Crippen LogP contribution in [0.25, 0.3) is 0 Å². The number of piperazine rings is 1. The lowest BCUT2D eigenvalue weighted by Gasteiger charge is -2.43. The molecule has 1 saturated carbocycles. The molecule has 0 aromatic carbocycles. The number of fused-ring (bicyclic) bond motifs is 2. The predicted molar refractivity (Wildman–Crippen MR) is 101 cm³/mol. The number of hydrazine groups is 1. The lowest BCUT2D eigenvalue weighted by molar-refractivity contribution is -0.134. The van der Waals surface area contributed by atoms with Crippen molar-refractivity contribution in [3.8, 4) is 0 Å². The van der Waals surface area contributed by atoms with Crippen LogP contribution in [0.15, 0.2) is 47.5 Å². The highest BCUT2D eigenvalue weighted by Gasteiger charge is 2.32. The number of allylic oxidation sites excluding steroid dienone is 3. The first kappa shape index (κ1) is 16.1. The highest BCUT2D eigenvalue weighted by Crippen LogP contribution is 2.30. The number of rotatable bonds is 3. The maximum absolute atomic E-state index is 12.8. The van der Waals surface area contributed by atoms with E-state index in [1.54, 1.807) is 0 Å². The van der Waals surface area contributed by atoms with E-state index in [0.717, 1.165) is 45.3 Å². The summed E-state index contributed by atoms with van der Waals surface area (Å²) >= 11 is 0. The van der Waals surface area contributed by atoms with Gasteiger partial charge in [0.2, 0.25) is 5.91 Å². The average molecular weight is 353 g/mol. The zero-order valence-electron chi connectivity index (χ0n) is 15.2. The summed E-state index contributed by atoms with van der Waals surface area (Å²) in [6.45, 7) is 6.05. The van der Waals surface area contributed by atoms with Crippen LogP contribution in [0.2, 0.25) is 0 Å². The normalized spacial score (nSPS) is 26.4. The van der Waals surface area contributed by atoms with Crippen LogP contribution in [-0.4, -0.2) is 77.5 Å². The Balaban J connectivity index is 1.18. The second-order valence-corrected chi connectivity index (χ2v) is 7.84. The van der Waals surface area contributed by atoms with Gasteiger partial charge in [-0.3, -0.25) is 25.0 Å². The predicted octanol–water partition coefficient (Wildman–Crippen LogP) is 1.04. The van der Waals surface area contributed by atoms with Crippen molar-refractivity contribution < 1.29 is 4.79 Å². The van der Waals surface area contributed by atoms with Crippen molar-refractivity contribution >= 4 is 5.91 Å². The summed E-state index contributed by atoms with van der Waals surface area (Å²) in [7, 11) is 0. The van der Waals surface area contributed by atoms with Crippen LogP contribution in [0.3, 0.4) is 0 Å². The van der Waals surface area contributed by atoms with Crippen LogP contribution >= 0.6 is 0 Å². The summed E-state index contributed by atoms with van der Waals surface area (Å²) in [5, 5.41) is 2.06. The highest BCUT2D eigenvalue weighted by atomic mass is 16.2. The Hall–Kier alpha value is -2.05.